The zero-order chi connectivity index (χ0) is 23.5. The quantitative estimate of drug-likeness (QED) is 0.660. The van der Waals surface area contributed by atoms with Gasteiger partial charge in [-0.2, -0.15) is 0 Å². The molecule has 2 atom stereocenters. The zero-order valence-electron chi connectivity index (χ0n) is 18.3. The van der Waals surface area contributed by atoms with Crippen molar-refractivity contribution in [3.8, 4) is 0 Å². The summed E-state index contributed by atoms with van der Waals surface area (Å²) >= 11 is 6.00. The molecule has 0 spiro atoms. The molecule has 2 aromatic rings. The molecule has 1 aliphatic rings. The second-order valence-corrected chi connectivity index (χ2v) is 10.4. The highest BCUT2D eigenvalue weighted by molar-refractivity contribution is 7.90. The normalized spacial score (nSPS) is 18.8. The van der Waals surface area contributed by atoms with Gasteiger partial charge in [0.15, 0.2) is 15.7 Å². The van der Waals surface area contributed by atoms with E-state index in [4.69, 9.17) is 11.6 Å². The highest BCUT2D eigenvalue weighted by Gasteiger charge is 2.32. The first-order chi connectivity index (χ1) is 15.1. The molecular formula is C22H27ClN4O4S. The second kappa shape index (κ2) is 9.87. The fourth-order valence-electron chi connectivity index (χ4n) is 3.83. The lowest BCUT2D eigenvalue weighted by Crippen LogP contribution is -2.46. The molecule has 2 unspecified atom stereocenters. The van der Waals surface area contributed by atoms with E-state index in [1.54, 1.807) is 18.2 Å². The molecule has 1 fully saturated rings. The number of nitrogens with one attached hydrogen (secondary N) is 2. The lowest BCUT2D eigenvalue weighted by atomic mass is 9.90. The number of amides is 2. The number of carbonyl (C=O) groups excluding carboxylic acids is 2. The monoisotopic (exact) mass is 478 g/mol. The highest BCUT2D eigenvalue weighted by Crippen LogP contribution is 2.33. The Balaban J connectivity index is 1.92. The molecule has 1 aromatic carbocycles. The standard InChI is InChI=1S/C22H27ClN4O4S/c1-4-24-21(28)16-8-9-27(14(2)10-16)20-19(12-18(13-25-20)32(3,30)31)26-22(29)15-6-5-7-17(23)11-15/h5-7,11-14,16H,4,8-10H2,1-3H3,(H,24,28)(H,26,29). The van der Waals surface area contributed by atoms with E-state index in [0.717, 1.165) is 6.26 Å². The Bertz CT molecular complexity index is 1120. The summed E-state index contributed by atoms with van der Waals surface area (Å²) in [6.45, 7) is 5.01. The maximum atomic E-state index is 12.8. The Hall–Kier alpha value is -2.65. The first-order valence-electron chi connectivity index (χ1n) is 10.4. The molecule has 0 bridgehead atoms. The van der Waals surface area contributed by atoms with Crippen molar-refractivity contribution in [1.82, 2.24) is 10.3 Å². The Morgan fingerprint density at radius 1 is 1.28 bits per heavy atom. The van der Waals surface area contributed by atoms with Gasteiger partial charge in [0.25, 0.3) is 5.91 Å². The number of aromatic nitrogens is 1. The second-order valence-electron chi connectivity index (χ2n) is 7.94. The van der Waals surface area contributed by atoms with Gasteiger partial charge in [-0.3, -0.25) is 9.59 Å². The van der Waals surface area contributed by atoms with Gasteiger partial charge in [-0.1, -0.05) is 17.7 Å². The minimum absolute atomic E-state index is 0.00695. The molecule has 0 saturated carbocycles. The molecule has 0 radical (unpaired) electrons. The summed E-state index contributed by atoms with van der Waals surface area (Å²) in [4.78, 5) is 31.5. The number of halogens is 1. The Morgan fingerprint density at radius 2 is 2.03 bits per heavy atom. The predicted molar refractivity (Wildman–Crippen MR) is 125 cm³/mol. The maximum absolute atomic E-state index is 12.8. The molecule has 1 aliphatic heterocycles. The van der Waals surface area contributed by atoms with Crippen LogP contribution in [0.1, 0.15) is 37.0 Å². The van der Waals surface area contributed by atoms with Crippen molar-refractivity contribution in [3.63, 3.8) is 0 Å². The number of pyridine rings is 1. The maximum Gasteiger partial charge on any atom is 0.255 e. The number of hydrogen-bond acceptors (Lipinski definition) is 6. The van der Waals surface area contributed by atoms with E-state index in [1.807, 2.05) is 18.7 Å². The van der Waals surface area contributed by atoms with Gasteiger partial charge in [0.2, 0.25) is 5.91 Å². The molecule has 1 saturated heterocycles. The third-order valence-electron chi connectivity index (χ3n) is 5.47. The minimum atomic E-state index is -3.53. The Kier molecular flexibility index (Phi) is 7.40. The van der Waals surface area contributed by atoms with Crippen LogP contribution in [-0.4, -0.2) is 50.6 Å². The van der Waals surface area contributed by atoms with Gasteiger partial charge in [-0.05, 0) is 51.0 Å². The van der Waals surface area contributed by atoms with Crippen LogP contribution in [0.4, 0.5) is 11.5 Å². The molecule has 2 amide bonds. The van der Waals surface area contributed by atoms with Crippen molar-refractivity contribution >= 4 is 44.8 Å². The first kappa shape index (κ1) is 24.0. The summed E-state index contributed by atoms with van der Waals surface area (Å²) in [5, 5.41) is 6.08. The summed E-state index contributed by atoms with van der Waals surface area (Å²) in [6.07, 6.45) is 3.64. The van der Waals surface area contributed by atoms with Crippen molar-refractivity contribution in [2.75, 3.05) is 29.6 Å². The highest BCUT2D eigenvalue weighted by atomic mass is 35.5. The molecule has 2 heterocycles. The number of nitrogens with zero attached hydrogens (tertiary/aromatic N) is 2. The molecule has 0 aliphatic carbocycles. The van der Waals surface area contributed by atoms with E-state index < -0.39 is 15.7 Å². The average molecular weight is 479 g/mol. The van der Waals surface area contributed by atoms with Crippen molar-refractivity contribution in [1.29, 1.82) is 0 Å². The first-order valence-corrected chi connectivity index (χ1v) is 12.7. The lowest BCUT2D eigenvalue weighted by molar-refractivity contribution is -0.125. The van der Waals surface area contributed by atoms with Crippen LogP contribution in [0.15, 0.2) is 41.4 Å². The minimum Gasteiger partial charge on any atom is -0.356 e. The van der Waals surface area contributed by atoms with Crippen molar-refractivity contribution in [3.05, 3.63) is 47.1 Å². The summed E-state index contributed by atoms with van der Waals surface area (Å²) in [5.74, 6) is -0.0180. The van der Waals surface area contributed by atoms with E-state index in [1.165, 1.54) is 18.3 Å². The van der Waals surface area contributed by atoms with Crippen LogP contribution in [0.3, 0.4) is 0 Å². The number of hydrogen-bond donors (Lipinski definition) is 2. The van der Waals surface area contributed by atoms with Gasteiger partial charge in [0, 0.05) is 48.1 Å². The van der Waals surface area contributed by atoms with Crippen LogP contribution in [0, 0.1) is 5.92 Å². The Labute approximate surface area is 193 Å². The van der Waals surface area contributed by atoms with E-state index in [2.05, 4.69) is 15.6 Å². The summed E-state index contributed by atoms with van der Waals surface area (Å²) < 4.78 is 24.2. The zero-order valence-corrected chi connectivity index (χ0v) is 19.8. The molecule has 1 aromatic heterocycles. The van der Waals surface area contributed by atoms with E-state index in [9.17, 15) is 18.0 Å². The third kappa shape index (κ3) is 5.58. The molecule has 8 nitrogen and oxygen atoms in total. The number of piperidine rings is 1. The van der Waals surface area contributed by atoms with Gasteiger partial charge in [-0.25, -0.2) is 13.4 Å². The van der Waals surface area contributed by atoms with Crippen LogP contribution in [-0.2, 0) is 14.6 Å². The van der Waals surface area contributed by atoms with Gasteiger partial charge < -0.3 is 15.5 Å². The number of benzene rings is 1. The van der Waals surface area contributed by atoms with Crippen molar-refractivity contribution in [2.45, 2.75) is 37.6 Å². The molecule has 32 heavy (non-hydrogen) atoms. The van der Waals surface area contributed by atoms with Crippen LogP contribution >= 0.6 is 11.6 Å². The van der Waals surface area contributed by atoms with Crippen LogP contribution < -0.4 is 15.5 Å². The van der Waals surface area contributed by atoms with Crippen molar-refractivity contribution < 1.29 is 18.0 Å². The molecule has 10 heteroatoms. The number of sulfone groups is 1. The van der Waals surface area contributed by atoms with Gasteiger partial charge >= 0.3 is 0 Å². The lowest BCUT2D eigenvalue weighted by Gasteiger charge is -2.38. The van der Waals surface area contributed by atoms with Crippen LogP contribution in [0.5, 0.6) is 0 Å². The molecular weight excluding hydrogens is 452 g/mol. The number of carbonyl (C=O) groups is 2. The third-order valence-corrected chi connectivity index (χ3v) is 6.79. The Morgan fingerprint density at radius 3 is 2.66 bits per heavy atom. The molecule has 2 N–H and O–H groups in total. The van der Waals surface area contributed by atoms with Gasteiger partial charge in [-0.15, -0.1) is 0 Å². The number of anilines is 2. The fraction of sp³-hybridized carbons (Fsp3) is 0.409. The number of rotatable bonds is 6. The van der Waals surface area contributed by atoms with E-state index in [0.29, 0.717) is 48.0 Å². The largest absolute Gasteiger partial charge is 0.356 e. The van der Waals surface area contributed by atoms with Crippen molar-refractivity contribution in [2.24, 2.45) is 5.92 Å². The summed E-state index contributed by atoms with van der Waals surface area (Å²) in [5.41, 5.74) is 0.636. The smallest absolute Gasteiger partial charge is 0.255 e. The van der Waals surface area contributed by atoms with Gasteiger partial charge in [0.05, 0.1) is 10.6 Å². The SMILES string of the molecule is CCNC(=O)C1CCN(c2ncc(S(C)(=O)=O)cc2NC(=O)c2cccc(Cl)c2)C(C)C1. The topological polar surface area (TPSA) is 108 Å². The summed E-state index contributed by atoms with van der Waals surface area (Å²) in [6, 6.07) is 7.87. The van der Waals surface area contributed by atoms with E-state index >= 15 is 0 Å². The van der Waals surface area contributed by atoms with Crippen LogP contribution in [0.2, 0.25) is 5.02 Å². The van der Waals surface area contributed by atoms with E-state index in [-0.39, 0.29) is 22.8 Å². The average Bonchev–Trinajstić information content (AvgIpc) is 2.73. The van der Waals surface area contributed by atoms with Crippen LogP contribution in [0.25, 0.3) is 0 Å². The molecule has 172 valence electrons. The fourth-order valence-corrected chi connectivity index (χ4v) is 4.60. The molecule has 3 rings (SSSR count). The predicted octanol–water partition coefficient (Wildman–Crippen LogP) is 3.13. The van der Waals surface area contributed by atoms with Gasteiger partial charge in [0.1, 0.15) is 0 Å². The summed E-state index contributed by atoms with van der Waals surface area (Å²) in [7, 11) is -3.53.